The van der Waals surface area contributed by atoms with Gasteiger partial charge in [-0.15, -0.1) is 0 Å². The fourth-order valence-electron chi connectivity index (χ4n) is 2.66. The van der Waals surface area contributed by atoms with E-state index in [1.54, 1.807) is 26.2 Å². The number of nitrogens with one attached hydrogen (secondary N) is 1. The molecule has 1 atom stereocenters. The summed E-state index contributed by atoms with van der Waals surface area (Å²) in [6.07, 6.45) is 2.51. The van der Waals surface area contributed by atoms with E-state index in [4.69, 9.17) is 0 Å². The van der Waals surface area contributed by atoms with Crippen LogP contribution in [0.3, 0.4) is 0 Å². The van der Waals surface area contributed by atoms with E-state index in [-0.39, 0.29) is 0 Å². The first-order valence-electron chi connectivity index (χ1n) is 7.34. The standard InChI is InChI=1S/C15H25N3O2S/c1-17(2)21(19,20)15-8-6-14(7-9-15)16-11-13-5-4-10-18(3)12-13/h6-9,13,16H,4-5,10-12H2,1-3H3. The lowest BCUT2D eigenvalue weighted by molar-refractivity contribution is 0.217. The van der Waals surface area contributed by atoms with Gasteiger partial charge in [-0.1, -0.05) is 0 Å². The number of benzene rings is 1. The molecule has 1 fully saturated rings. The van der Waals surface area contributed by atoms with Crippen LogP contribution in [-0.4, -0.2) is 58.4 Å². The van der Waals surface area contributed by atoms with Gasteiger partial charge in [-0.05, 0) is 56.6 Å². The Morgan fingerprint density at radius 2 is 1.95 bits per heavy atom. The van der Waals surface area contributed by atoms with Crippen molar-refractivity contribution in [2.45, 2.75) is 17.7 Å². The predicted octanol–water partition coefficient (Wildman–Crippen LogP) is 1.69. The van der Waals surface area contributed by atoms with Crippen molar-refractivity contribution in [3.8, 4) is 0 Å². The minimum Gasteiger partial charge on any atom is -0.385 e. The van der Waals surface area contributed by atoms with E-state index in [1.807, 2.05) is 12.1 Å². The molecule has 1 heterocycles. The zero-order valence-electron chi connectivity index (χ0n) is 13.0. The van der Waals surface area contributed by atoms with Crippen LogP contribution in [-0.2, 0) is 10.0 Å². The molecule has 5 nitrogen and oxygen atoms in total. The van der Waals surface area contributed by atoms with Gasteiger partial charge >= 0.3 is 0 Å². The van der Waals surface area contributed by atoms with Crippen molar-refractivity contribution >= 4 is 15.7 Å². The number of piperidine rings is 1. The summed E-state index contributed by atoms with van der Waals surface area (Å²) in [7, 11) is 1.91. The highest BCUT2D eigenvalue weighted by atomic mass is 32.2. The van der Waals surface area contributed by atoms with E-state index in [0.29, 0.717) is 10.8 Å². The Morgan fingerprint density at radius 3 is 2.52 bits per heavy atom. The lowest BCUT2D eigenvalue weighted by Crippen LogP contribution is -2.35. The molecule has 0 aromatic heterocycles. The molecule has 1 unspecified atom stereocenters. The summed E-state index contributed by atoms with van der Waals surface area (Å²) in [5.74, 6) is 0.661. The monoisotopic (exact) mass is 311 g/mol. The number of hydrogen-bond donors (Lipinski definition) is 1. The fourth-order valence-corrected chi connectivity index (χ4v) is 3.56. The Bertz CT molecular complexity index is 555. The highest BCUT2D eigenvalue weighted by Crippen LogP contribution is 2.19. The second-order valence-electron chi connectivity index (χ2n) is 5.96. The van der Waals surface area contributed by atoms with Gasteiger partial charge < -0.3 is 10.2 Å². The highest BCUT2D eigenvalue weighted by Gasteiger charge is 2.18. The third-order valence-corrected chi connectivity index (χ3v) is 5.78. The molecule has 1 aliphatic heterocycles. The first kappa shape index (κ1) is 16.3. The van der Waals surface area contributed by atoms with Gasteiger partial charge in [0.2, 0.25) is 10.0 Å². The number of likely N-dealkylation sites (tertiary alicyclic amines) is 1. The Kier molecular flexibility index (Phi) is 5.24. The van der Waals surface area contributed by atoms with Crippen LogP contribution in [0.15, 0.2) is 29.2 Å². The number of hydrogen-bond acceptors (Lipinski definition) is 4. The van der Waals surface area contributed by atoms with Crippen molar-refractivity contribution in [1.29, 1.82) is 0 Å². The van der Waals surface area contributed by atoms with Gasteiger partial charge in [-0.2, -0.15) is 0 Å². The molecule has 0 radical (unpaired) electrons. The first-order chi connectivity index (χ1) is 9.89. The zero-order valence-corrected chi connectivity index (χ0v) is 13.9. The van der Waals surface area contributed by atoms with Crippen LogP contribution >= 0.6 is 0 Å². The molecule has 1 aliphatic rings. The van der Waals surface area contributed by atoms with Crippen LogP contribution in [0.5, 0.6) is 0 Å². The number of nitrogens with zero attached hydrogens (tertiary/aromatic N) is 2. The topological polar surface area (TPSA) is 52.7 Å². The maximum absolute atomic E-state index is 12.0. The van der Waals surface area contributed by atoms with Gasteiger partial charge in [0.1, 0.15) is 0 Å². The molecule has 1 saturated heterocycles. The maximum atomic E-state index is 12.0. The largest absolute Gasteiger partial charge is 0.385 e. The molecule has 0 bridgehead atoms. The minimum atomic E-state index is -3.34. The Labute approximate surface area is 128 Å². The molecular weight excluding hydrogens is 286 g/mol. The van der Waals surface area contributed by atoms with Crippen molar-refractivity contribution in [3.63, 3.8) is 0 Å². The highest BCUT2D eigenvalue weighted by molar-refractivity contribution is 7.89. The van der Waals surface area contributed by atoms with Crippen LogP contribution in [0, 0.1) is 5.92 Å². The molecule has 0 aliphatic carbocycles. The molecule has 1 aromatic rings. The summed E-state index contributed by atoms with van der Waals surface area (Å²) in [6.45, 7) is 3.25. The lowest BCUT2D eigenvalue weighted by Gasteiger charge is -2.30. The molecular formula is C15H25N3O2S. The van der Waals surface area contributed by atoms with Crippen LogP contribution < -0.4 is 5.32 Å². The molecule has 0 amide bonds. The van der Waals surface area contributed by atoms with Gasteiger partial charge in [0.05, 0.1) is 4.90 Å². The van der Waals surface area contributed by atoms with Crippen molar-refractivity contribution < 1.29 is 8.42 Å². The number of sulfonamides is 1. The molecule has 0 saturated carbocycles. The quantitative estimate of drug-likeness (QED) is 0.899. The number of rotatable bonds is 5. The first-order valence-corrected chi connectivity index (χ1v) is 8.78. The van der Waals surface area contributed by atoms with Crippen molar-refractivity contribution in [2.24, 2.45) is 5.92 Å². The zero-order chi connectivity index (χ0) is 15.5. The van der Waals surface area contributed by atoms with Gasteiger partial charge in [-0.3, -0.25) is 0 Å². The van der Waals surface area contributed by atoms with Gasteiger partial charge in [0, 0.05) is 32.9 Å². The van der Waals surface area contributed by atoms with Crippen molar-refractivity contribution in [2.75, 3.05) is 46.1 Å². The van der Waals surface area contributed by atoms with E-state index < -0.39 is 10.0 Å². The van der Waals surface area contributed by atoms with Crippen molar-refractivity contribution in [3.05, 3.63) is 24.3 Å². The molecule has 118 valence electrons. The van der Waals surface area contributed by atoms with Crippen molar-refractivity contribution in [1.82, 2.24) is 9.21 Å². The van der Waals surface area contributed by atoms with Crippen LogP contribution in [0.25, 0.3) is 0 Å². The SMILES string of the molecule is CN1CCCC(CNc2ccc(S(=O)(=O)N(C)C)cc2)C1. The van der Waals surface area contributed by atoms with E-state index in [9.17, 15) is 8.42 Å². The van der Waals surface area contributed by atoms with E-state index in [1.165, 1.54) is 23.7 Å². The summed E-state index contributed by atoms with van der Waals surface area (Å²) in [6, 6.07) is 6.99. The summed E-state index contributed by atoms with van der Waals surface area (Å²) < 4.78 is 25.2. The third kappa shape index (κ3) is 4.18. The van der Waals surface area contributed by atoms with E-state index in [2.05, 4.69) is 17.3 Å². The summed E-state index contributed by atoms with van der Waals surface area (Å²) >= 11 is 0. The average Bonchev–Trinajstić information content (AvgIpc) is 2.45. The minimum absolute atomic E-state index is 0.329. The predicted molar refractivity (Wildman–Crippen MR) is 86.0 cm³/mol. The lowest BCUT2D eigenvalue weighted by atomic mass is 9.98. The molecule has 6 heteroatoms. The summed E-state index contributed by atoms with van der Waals surface area (Å²) in [4.78, 5) is 2.69. The molecule has 0 spiro atoms. The summed E-state index contributed by atoms with van der Waals surface area (Å²) in [5.41, 5.74) is 0.973. The second-order valence-corrected chi connectivity index (χ2v) is 8.12. The van der Waals surface area contributed by atoms with Gasteiger partial charge in [0.25, 0.3) is 0 Å². The smallest absolute Gasteiger partial charge is 0.242 e. The van der Waals surface area contributed by atoms with Gasteiger partial charge in [0.15, 0.2) is 0 Å². The molecule has 21 heavy (non-hydrogen) atoms. The second kappa shape index (κ2) is 6.77. The molecule has 2 rings (SSSR count). The Morgan fingerprint density at radius 1 is 1.29 bits per heavy atom. The Balaban J connectivity index is 1.94. The van der Waals surface area contributed by atoms with E-state index >= 15 is 0 Å². The fraction of sp³-hybridized carbons (Fsp3) is 0.600. The van der Waals surface area contributed by atoms with Crippen LogP contribution in [0.2, 0.25) is 0 Å². The molecule has 1 N–H and O–H groups in total. The summed E-state index contributed by atoms with van der Waals surface area (Å²) in [5, 5.41) is 3.41. The Hall–Kier alpha value is -1.11. The average molecular weight is 311 g/mol. The van der Waals surface area contributed by atoms with Crippen LogP contribution in [0.4, 0.5) is 5.69 Å². The third-order valence-electron chi connectivity index (χ3n) is 3.95. The normalized spacial score (nSPS) is 20.7. The van der Waals surface area contributed by atoms with Crippen LogP contribution in [0.1, 0.15) is 12.8 Å². The molecule has 1 aromatic carbocycles. The van der Waals surface area contributed by atoms with Gasteiger partial charge in [-0.25, -0.2) is 12.7 Å². The maximum Gasteiger partial charge on any atom is 0.242 e. The number of anilines is 1. The van der Waals surface area contributed by atoms with E-state index in [0.717, 1.165) is 18.8 Å².